The van der Waals surface area contributed by atoms with Gasteiger partial charge in [-0.2, -0.15) is 13.2 Å². The van der Waals surface area contributed by atoms with Gasteiger partial charge < -0.3 is 10.2 Å². The zero-order valence-electron chi connectivity index (χ0n) is 14.7. The van der Waals surface area contributed by atoms with Gasteiger partial charge in [0.2, 0.25) is 0 Å². The van der Waals surface area contributed by atoms with Gasteiger partial charge in [-0.05, 0) is 17.5 Å². The molecule has 0 saturated heterocycles. The summed E-state index contributed by atoms with van der Waals surface area (Å²) in [6, 6.07) is 3.40. The molecule has 3 rings (SSSR count). The van der Waals surface area contributed by atoms with Gasteiger partial charge in [0, 0.05) is 13.6 Å². The fourth-order valence-electron chi connectivity index (χ4n) is 3.45. The maximum Gasteiger partial charge on any atom is 0.416 e. The maximum atomic E-state index is 13.4. The second kappa shape index (κ2) is 6.34. The number of halogens is 3. The minimum atomic E-state index is -4.58. The van der Waals surface area contributed by atoms with E-state index in [1.54, 1.807) is 4.90 Å². The van der Waals surface area contributed by atoms with Gasteiger partial charge in [0.1, 0.15) is 0 Å². The van der Waals surface area contributed by atoms with Crippen molar-refractivity contribution in [3.63, 3.8) is 0 Å². The van der Waals surface area contributed by atoms with Crippen LogP contribution in [0, 0.1) is 5.92 Å². The van der Waals surface area contributed by atoms with E-state index in [-0.39, 0.29) is 29.5 Å². The molecule has 140 valence electrons. The molecule has 5 nitrogen and oxygen atoms in total. The first-order chi connectivity index (χ1) is 12.1. The van der Waals surface area contributed by atoms with Crippen LogP contribution in [0.1, 0.15) is 31.0 Å². The van der Waals surface area contributed by atoms with Gasteiger partial charge >= 0.3 is 12.2 Å². The summed E-state index contributed by atoms with van der Waals surface area (Å²) in [7, 11) is 1.52. The van der Waals surface area contributed by atoms with E-state index in [0.717, 1.165) is 6.07 Å². The molecule has 0 fully saturated rings. The number of carbonyl (C=O) groups excluding carboxylic acids is 2. The molecule has 0 saturated carbocycles. The molecule has 1 atom stereocenters. The van der Waals surface area contributed by atoms with Gasteiger partial charge in [-0.25, -0.2) is 4.79 Å². The number of alkyl halides is 3. The second-order valence-electron chi connectivity index (χ2n) is 6.97. The van der Waals surface area contributed by atoms with Crippen LogP contribution < -0.4 is 5.32 Å². The standard InChI is InChI=1S/C18H20F3N3O2/c1-10(2)8-24-9-13-14(16(24)25)15(22-17(26)23(13)3)11-6-4-5-7-12(11)18(19,20)21/h4-7,10,15H,8-9H2,1-3H3,(H,22,26). The van der Waals surface area contributed by atoms with Gasteiger partial charge in [-0.1, -0.05) is 32.0 Å². The Balaban J connectivity index is 2.09. The lowest BCUT2D eigenvalue weighted by molar-refractivity contribution is -0.138. The third kappa shape index (κ3) is 3.04. The number of hydrogen-bond donors (Lipinski definition) is 1. The zero-order chi connectivity index (χ0) is 19.2. The molecule has 0 spiro atoms. The molecule has 1 unspecified atom stereocenters. The highest BCUT2D eigenvalue weighted by molar-refractivity contribution is 6.01. The van der Waals surface area contributed by atoms with E-state index in [4.69, 9.17) is 0 Å². The predicted molar refractivity (Wildman–Crippen MR) is 88.9 cm³/mol. The van der Waals surface area contributed by atoms with Crippen LogP contribution in [0.3, 0.4) is 0 Å². The Labute approximate surface area is 149 Å². The van der Waals surface area contributed by atoms with E-state index >= 15 is 0 Å². The largest absolute Gasteiger partial charge is 0.416 e. The molecule has 1 aromatic carbocycles. The fourth-order valence-corrected chi connectivity index (χ4v) is 3.45. The third-order valence-corrected chi connectivity index (χ3v) is 4.60. The van der Waals surface area contributed by atoms with Crippen molar-refractivity contribution in [3.05, 3.63) is 46.7 Å². The predicted octanol–water partition coefficient (Wildman–Crippen LogP) is 3.15. The molecule has 26 heavy (non-hydrogen) atoms. The molecule has 3 amide bonds. The normalized spacial score (nSPS) is 20.8. The smallest absolute Gasteiger partial charge is 0.333 e. The lowest BCUT2D eigenvalue weighted by atomic mass is 9.92. The molecule has 0 aromatic heterocycles. The summed E-state index contributed by atoms with van der Waals surface area (Å²) in [5, 5.41) is 2.55. The van der Waals surface area contributed by atoms with Gasteiger partial charge in [0.15, 0.2) is 0 Å². The number of carbonyl (C=O) groups is 2. The van der Waals surface area contributed by atoms with Crippen molar-refractivity contribution in [3.8, 4) is 0 Å². The highest BCUT2D eigenvalue weighted by Crippen LogP contribution is 2.41. The van der Waals surface area contributed by atoms with Crippen LogP contribution in [0.15, 0.2) is 35.5 Å². The van der Waals surface area contributed by atoms with Crippen LogP contribution in [0.5, 0.6) is 0 Å². The summed E-state index contributed by atoms with van der Waals surface area (Å²) in [5.41, 5.74) is -0.295. The monoisotopic (exact) mass is 367 g/mol. The fraction of sp³-hybridized carbons (Fsp3) is 0.444. The number of nitrogens with zero attached hydrogens (tertiary/aromatic N) is 2. The summed E-state index contributed by atoms with van der Waals surface area (Å²) in [6.45, 7) is 4.60. The Kier molecular flexibility index (Phi) is 4.46. The summed E-state index contributed by atoms with van der Waals surface area (Å²) >= 11 is 0. The average Bonchev–Trinajstić information content (AvgIpc) is 2.87. The average molecular weight is 367 g/mol. The van der Waals surface area contributed by atoms with Crippen LogP contribution in [-0.2, 0) is 11.0 Å². The Morgan fingerprint density at radius 2 is 1.88 bits per heavy atom. The number of nitrogens with one attached hydrogen (secondary N) is 1. The highest BCUT2D eigenvalue weighted by Gasteiger charge is 2.45. The van der Waals surface area contributed by atoms with Crippen LogP contribution in [-0.4, -0.2) is 41.9 Å². The van der Waals surface area contributed by atoms with E-state index in [2.05, 4.69) is 5.32 Å². The minimum absolute atomic E-state index is 0.117. The minimum Gasteiger partial charge on any atom is -0.333 e. The molecule has 0 aliphatic carbocycles. The summed E-state index contributed by atoms with van der Waals surface area (Å²) in [6.07, 6.45) is -4.58. The third-order valence-electron chi connectivity index (χ3n) is 4.60. The first kappa shape index (κ1) is 18.3. The van der Waals surface area contributed by atoms with Crippen molar-refractivity contribution in [2.24, 2.45) is 5.92 Å². The molecule has 1 N–H and O–H groups in total. The van der Waals surface area contributed by atoms with Crippen molar-refractivity contribution in [2.45, 2.75) is 26.1 Å². The number of rotatable bonds is 3. The van der Waals surface area contributed by atoms with Crippen LogP contribution in [0.2, 0.25) is 0 Å². The molecular formula is C18H20F3N3O2. The van der Waals surface area contributed by atoms with E-state index in [9.17, 15) is 22.8 Å². The molecule has 2 heterocycles. The Morgan fingerprint density at radius 3 is 2.50 bits per heavy atom. The molecule has 2 aliphatic rings. The number of benzene rings is 1. The molecule has 2 aliphatic heterocycles. The summed E-state index contributed by atoms with van der Waals surface area (Å²) in [4.78, 5) is 28.1. The Hall–Kier alpha value is -2.51. The van der Waals surface area contributed by atoms with Crippen molar-refractivity contribution in [1.29, 1.82) is 0 Å². The molecule has 8 heteroatoms. The second-order valence-corrected chi connectivity index (χ2v) is 6.97. The first-order valence-electron chi connectivity index (χ1n) is 8.34. The van der Waals surface area contributed by atoms with Crippen molar-refractivity contribution in [1.82, 2.24) is 15.1 Å². The number of amides is 3. The van der Waals surface area contributed by atoms with Gasteiger partial charge in [0.05, 0.1) is 29.4 Å². The lowest BCUT2D eigenvalue weighted by Crippen LogP contribution is -2.45. The molecule has 1 aromatic rings. The Bertz CT molecular complexity index is 786. The topological polar surface area (TPSA) is 52.7 Å². The van der Waals surface area contributed by atoms with Crippen molar-refractivity contribution >= 4 is 11.9 Å². The Morgan fingerprint density at radius 1 is 1.23 bits per heavy atom. The van der Waals surface area contributed by atoms with Gasteiger partial charge in [0.25, 0.3) is 5.91 Å². The first-order valence-corrected chi connectivity index (χ1v) is 8.34. The summed E-state index contributed by atoms with van der Waals surface area (Å²) in [5.74, 6) is -0.127. The number of hydrogen-bond acceptors (Lipinski definition) is 2. The van der Waals surface area contributed by atoms with E-state index in [1.807, 2.05) is 13.8 Å². The van der Waals surface area contributed by atoms with Crippen molar-refractivity contribution < 1.29 is 22.8 Å². The van der Waals surface area contributed by atoms with Gasteiger partial charge in [-0.3, -0.25) is 9.69 Å². The van der Waals surface area contributed by atoms with Gasteiger partial charge in [-0.15, -0.1) is 0 Å². The van der Waals surface area contributed by atoms with E-state index in [0.29, 0.717) is 12.2 Å². The van der Waals surface area contributed by atoms with Crippen molar-refractivity contribution in [2.75, 3.05) is 20.1 Å². The van der Waals surface area contributed by atoms with Crippen LogP contribution in [0.4, 0.5) is 18.0 Å². The van der Waals surface area contributed by atoms with E-state index < -0.39 is 23.8 Å². The van der Waals surface area contributed by atoms with E-state index in [1.165, 1.54) is 30.1 Å². The lowest BCUT2D eigenvalue weighted by Gasteiger charge is -2.32. The molecular weight excluding hydrogens is 347 g/mol. The molecule has 0 radical (unpaired) electrons. The quantitative estimate of drug-likeness (QED) is 0.892. The maximum absolute atomic E-state index is 13.4. The number of likely N-dealkylation sites (N-methyl/N-ethyl adjacent to an activating group) is 1. The molecule has 0 bridgehead atoms. The van der Waals surface area contributed by atoms with Crippen LogP contribution in [0.25, 0.3) is 0 Å². The summed E-state index contributed by atoms with van der Waals surface area (Å²) < 4.78 is 40.3. The highest BCUT2D eigenvalue weighted by atomic mass is 19.4. The van der Waals surface area contributed by atoms with Crippen LogP contribution >= 0.6 is 0 Å². The number of urea groups is 1. The SMILES string of the molecule is CC(C)CN1CC2=C(C1=O)C(c1ccccc1C(F)(F)F)NC(=O)N2C. The zero-order valence-corrected chi connectivity index (χ0v) is 14.7.